The predicted molar refractivity (Wildman–Crippen MR) is 106 cm³/mol. The first-order chi connectivity index (χ1) is 13.1. The molecule has 0 aliphatic carbocycles. The summed E-state index contributed by atoms with van der Waals surface area (Å²) in [6.45, 7) is 4.86. The van der Waals surface area contributed by atoms with Gasteiger partial charge in [-0.2, -0.15) is 0 Å². The average Bonchev–Trinajstić information content (AvgIpc) is 2.86. The predicted octanol–water partition coefficient (Wildman–Crippen LogP) is 1.92. The highest BCUT2D eigenvalue weighted by molar-refractivity contribution is 5.95. The Balaban J connectivity index is 1.40. The minimum Gasteiger partial charge on any atom is -0.376 e. The summed E-state index contributed by atoms with van der Waals surface area (Å²) < 4.78 is 0. The van der Waals surface area contributed by atoms with Crippen LogP contribution in [0, 0.1) is 11.8 Å². The molecule has 3 aliphatic heterocycles. The van der Waals surface area contributed by atoms with E-state index in [2.05, 4.69) is 10.6 Å². The number of nitrogens with one attached hydrogen (secondary N) is 2. The number of likely N-dealkylation sites (N-methyl/N-ethyl adjacent to an activating group) is 1. The molecule has 0 spiro atoms. The Kier molecular flexibility index (Phi) is 5.34. The van der Waals surface area contributed by atoms with Crippen LogP contribution in [-0.4, -0.2) is 61.4 Å². The molecule has 2 saturated heterocycles. The van der Waals surface area contributed by atoms with Crippen molar-refractivity contribution in [1.29, 1.82) is 0 Å². The molecule has 1 aromatic carbocycles. The van der Waals surface area contributed by atoms with Crippen molar-refractivity contribution >= 4 is 17.5 Å². The maximum Gasteiger partial charge on any atom is 0.253 e. The van der Waals surface area contributed by atoms with Gasteiger partial charge in [0, 0.05) is 37.9 Å². The first-order valence-electron chi connectivity index (χ1n) is 10.2. The van der Waals surface area contributed by atoms with Crippen molar-refractivity contribution in [2.24, 2.45) is 11.8 Å². The average molecular weight is 370 g/mol. The molecular weight excluding hydrogens is 340 g/mol. The number of carbonyl (C=O) groups excluding carboxylic acids is 2. The van der Waals surface area contributed by atoms with Gasteiger partial charge in [0.2, 0.25) is 5.91 Å². The highest BCUT2D eigenvalue weighted by atomic mass is 16.2. The zero-order chi connectivity index (χ0) is 18.8. The lowest BCUT2D eigenvalue weighted by Crippen LogP contribution is -2.42. The Morgan fingerprint density at radius 3 is 2.52 bits per heavy atom. The topological polar surface area (TPSA) is 64.7 Å². The summed E-state index contributed by atoms with van der Waals surface area (Å²) in [6.07, 6.45) is 4.81. The number of anilines is 1. The molecule has 2 amide bonds. The lowest BCUT2D eigenvalue weighted by Gasteiger charge is -2.37. The Morgan fingerprint density at radius 2 is 1.78 bits per heavy atom. The molecule has 4 rings (SSSR count). The van der Waals surface area contributed by atoms with Gasteiger partial charge in [0.25, 0.3) is 5.91 Å². The molecule has 6 nitrogen and oxygen atoms in total. The van der Waals surface area contributed by atoms with Crippen LogP contribution in [0.15, 0.2) is 18.2 Å². The zero-order valence-electron chi connectivity index (χ0n) is 16.2. The van der Waals surface area contributed by atoms with Gasteiger partial charge in [0.05, 0.1) is 6.54 Å². The Hall–Kier alpha value is -2.08. The van der Waals surface area contributed by atoms with E-state index in [1.165, 1.54) is 12.8 Å². The fraction of sp³-hybridized carbons (Fsp3) is 0.619. The van der Waals surface area contributed by atoms with Gasteiger partial charge in [0.15, 0.2) is 0 Å². The number of carbonyl (C=O) groups is 2. The van der Waals surface area contributed by atoms with E-state index in [-0.39, 0.29) is 11.8 Å². The molecule has 0 bridgehead atoms. The van der Waals surface area contributed by atoms with Crippen molar-refractivity contribution in [2.45, 2.75) is 32.2 Å². The summed E-state index contributed by atoms with van der Waals surface area (Å²) in [6, 6.07) is 5.79. The molecule has 0 unspecified atom stereocenters. The molecule has 146 valence electrons. The van der Waals surface area contributed by atoms with Crippen molar-refractivity contribution in [3.05, 3.63) is 29.3 Å². The number of rotatable bonds is 2. The van der Waals surface area contributed by atoms with Gasteiger partial charge >= 0.3 is 0 Å². The van der Waals surface area contributed by atoms with E-state index >= 15 is 0 Å². The zero-order valence-corrected chi connectivity index (χ0v) is 16.2. The minimum absolute atomic E-state index is 0.0686. The monoisotopic (exact) mass is 370 g/mol. The van der Waals surface area contributed by atoms with Crippen LogP contribution in [0.2, 0.25) is 0 Å². The normalized spacial score (nSPS) is 22.2. The molecule has 1 aromatic rings. The molecule has 0 radical (unpaired) electrons. The van der Waals surface area contributed by atoms with Crippen LogP contribution >= 0.6 is 0 Å². The van der Waals surface area contributed by atoms with Gasteiger partial charge in [-0.15, -0.1) is 0 Å². The highest BCUT2D eigenvalue weighted by Crippen LogP contribution is 2.31. The van der Waals surface area contributed by atoms with Crippen molar-refractivity contribution in [1.82, 2.24) is 15.1 Å². The molecule has 2 N–H and O–H groups in total. The van der Waals surface area contributed by atoms with E-state index in [0.29, 0.717) is 13.1 Å². The van der Waals surface area contributed by atoms with Crippen molar-refractivity contribution in [3.63, 3.8) is 0 Å². The number of fused-ring (bicyclic) bond motifs is 1. The van der Waals surface area contributed by atoms with Crippen molar-refractivity contribution < 1.29 is 9.59 Å². The standard InChI is InChI=1S/C21H30N4O2/c1-24-14-18-12-17(2-3-19(18)23-13-20(24)26)21(27)25-10-6-16(7-11-25)15-4-8-22-9-5-15/h2-3,12,15-16,22-23H,4-11,13-14H2,1H3. The summed E-state index contributed by atoms with van der Waals surface area (Å²) in [5.74, 6) is 1.79. The molecule has 2 fully saturated rings. The van der Waals surface area contributed by atoms with Crippen LogP contribution in [0.3, 0.4) is 0 Å². The van der Waals surface area contributed by atoms with E-state index in [4.69, 9.17) is 0 Å². The van der Waals surface area contributed by atoms with Gasteiger partial charge in [-0.3, -0.25) is 9.59 Å². The summed E-state index contributed by atoms with van der Waals surface area (Å²) in [5.41, 5.74) is 2.70. The summed E-state index contributed by atoms with van der Waals surface area (Å²) in [7, 11) is 1.80. The highest BCUT2D eigenvalue weighted by Gasteiger charge is 2.30. The third-order valence-electron chi connectivity index (χ3n) is 6.49. The molecule has 0 atom stereocenters. The number of amides is 2. The van der Waals surface area contributed by atoms with Crippen LogP contribution in [0.25, 0.3) is 0 Å². The van der Waals surface area contributed by atoms with E-state index < -0.39 is 0 Å². The molecule has 6 heteroatoms. The SMILES string of the molecule is CN1Cc2cc(C(=O)N3CCC(C4CCNCC4)CC3)ccc2NCC1=O. The van der Waals surface area contributed by atoms with Gasteiger partial charge < -0.3 is 20.4 Å². The molecular formula is C21H30N4O2. The van der Waals surface area contributed by atoms with Crippen LogP contribution in [-0.2, 0) is 11.3 Å². The van der Waals surface area contributed by atoms with Gasteiger partial charge in [-0.05, 0) is 74.4 Å². The van der Waals surface area contributed by atoms with Crippen LogP contribution in [0.1, 0.15) is 41.6 Å². The fourth-order valence-corrected chi connectivity index (χ4v) is 4.75. The number of benzene rings is 1. The molecule has 3 aliphatic rings. The lowest BCUT2D eigenvalue weighted by molar-refractivity contribution is -0.128. The largest absolute Gasteiger partial charge is 0.376 e. The second-order valence-electron chi connectivity index (χ2n) is 8.19. The maximum absolute atomic E-state index is 13.0. The number of likely N-dealkylation sites (tertiary alicyclic amines) is 1. The van der Waals surface area contributed by atoms with Gasteiger partial charge in [0.1, 0.15) is 0 Å². The smallest absolute Gasteiger partial charge is 0.253 e. The van der Waals surface area contributed by atoms with Gasteiger partial charge in [-0.1, -0.05) is 0 Å². The van der Waals surface area contributed by atoms with Crippen molar-refractivity contribution in [2.75, 3.05) is 45.1 Å². The first kappa shape index (κ1) is 18.3. The van der Waals surface area contributed by atoms with Crippen LogP contribution in [0.5, 0.6) is 0 Å². The van der Waals surface area contributed by atoms with Crippen LogP contribution < -0.4 is 10.6 Å². The second kappa shape index (κ2) is 7.89. The number of hydrogen-bond donors (Lipinski definition) is 2. The molecule has 27 heavy (non-hydrogen) atoms. The van der Waals surface area contributed by atoms with Gasteiger partial charge in [-0.25, -0.2) is 0 Å². The Bertz CT molecular complexity index is 706. The van der Waals surface area contributed by atoms with Crippen LogP contribution in [0.4, 0.5) is 5.69 Å². The Morgan fingerprint density at radius 1 is 1.07 bits per heavy atom. The van der Waals surface area contributed by atoms with Crippen molar-refractivity contribution in [3.8, 4) is 0 Å². The van der Waals surface area contributed by atoms with E-state index in [0.717, 1.165) is 67.7 Å². The van der Waals surface area contributed by atoms with E-state index in [9.17, 15) is 9.59 Å². The molecule has 3 heterocycles. The maximum atomic E-state index is 13.0. The second-order valence-corrected chi connectivity index (χ2v) is 8.19. The number of piperidine rings is 2. The minimum atomic E-state index is 0.0686. The summed E-state index contributed by atoms with van der Waals surface area (Å²) >= 11 is 0. The fourth-order valence-electron chi connectivity index (χ4n) is 4.75. The third-order valence-corrected chi connectivity index (χ3v) is 6.49. The molecule has 0 saturated carbocycles. The lowest BCUT2D eigenvalue weighted by atomic mass is 9.79. The van der Waals surface area contributed by atoms with E-state index in [1.54, 1.807) is 11.9 Å². The Labute approximate surface area is 161 Å². The summed E-state index contributed by atoms with van der Waals surface area (Å²) in [4.78, 5) is 28.6. The molecule has 0 aromatic heterocycles. The quantitative estimate of drug-likeness (QED) is 0.835. The number of nitrogens with zero attached hydrogens (tertiary/aromatic N) is 2. The van der Waals surface area contributed by atoms with E-state index in [1.807, 2.05) is 23.1 Å². The third kappa shape index (κ3) is 3.95. The number of hydrogen-bond acceptors (Lipinski definition) is 4. The first-order valence-corrected chi connectivity index (χ1v) is 10.2. The summed E-state index contributed by atoms with van der Waals surface area (Å²) in [5, 5.41) is 6.62.